The third-order valence-electron chi connectivity index (χ3n) is 3.09. The number of hydrogen-bond donors (Lipinski definition) is 1. The Kier molecular flexibility index (Phi) is 4.76. The topological polar surface area (TPSA) is 59.6 Å². The van der Waals surface area contributed by atoms with Crippen molar-refractivity contribution in [2.75, 3.05) is 13.7 Å². The molecule has 0 fully saturated rings. The zero-order valence-corrected chi connectivity index (χ0v) is 11.8. The van der Waals surface area contributed by atoms with Gasteiger partial charge in [-0.15, -0.1) is 0 Å². The van der Waals surface area contributed by atoms with Crippen LogP contribution in [0.3, 0.4) is 0 Å². The SMILES string of the molecule is COc1cccc(C(C)=NCCCn2ccnc2)c1O. The first-order valence-electron chi connectivity index (χ1n) is 6.55. The summed E-state index contributed by atoms with van der Waals surface area (Å²) in [4.78, 5) is 8.49. The summed E-state index contributed by atoms with van der Waals surface area (Å²) in [6.45, 7) is 3.49. The molecule has 0 saturated heterocycles. The molecule has 0 aliphatic rings. The van der Waals surface area contributed by atoms with E-state index in [9.17, 15) is 5.11 Å². The van der Waals surface area contributed by atoms with E-state index in [0.717, 1.165) is 18.7 Å². The van der Waals surface area contributed by atoms with Crippen LogP contribution in [0, 0.1) is 0 Å². The lowest BCUT2D eigenvalue weighted by Gasteiger charge is -2.08. The molecule has 0 unspecified atom stereocenters. The van der Waals surface area contributed by atoms with E-state index in [4.69, 9.17) is 4.74 Å². The summed E-state index contributed by atoms with van der Waals surface area (Å²) >= 11 is 0. The van der Waals surface area contributed by atoms with Gasteiger partial charge in [0.1, 0.15) is 0 Å². The van der Waals surface area contributed by atoms with Crippen molar-refractivity contribution in [3.63, 3.8) is 0 Å². The molecule has 20 heavy (non-hydrogen) atoms. The van der Waals surface area contributed by atoms with E-state index in [1.165, 1.54) is 7.11 Å². The standard InChI is InChI=1S/C15H19N3O2/c1-12(13-5-3-6-14(20-2)15(13)19)17-7-4-9-18-10-8-16-11-18/h3,5-6,8,10-11,19H,4,7,9H2,1-2H3. The van der Waals surface area contributed by atoms with Crippen molar-refractivity contribution in [3.05, 3.63) is 42.5 Å². The van der Waals surface area contributed by atoms with Crippen LogP contribution in [-0.2, 0) is 6.54 Å². The fraction of sp³-hybridized carbons (Fsp3) is 0.333. The highest BCUT2D eigenvalue weighted by Gasteiger charge is 2.09. The fourth-order valence-electron chi connectivity index (χ4n) is 1.98. The normalized spacial score (nSPS) is 11.6. The highest BCUT2D eigenvalue weighted by atomic mass is 16.5. The van der Waals surface area contributed by atoms with Gasteiger partial charge in [-0.1, -0.05) is 6.07 Å². The summed E-state index contributed by atoms with van der Waals surface area (Å²) in [6, 6.07) is 5.41. The zero-order chi connectivity index (χ0) is 14.4. The number of nitrogens with zero attached hydrogens (tertiary/aromatic N) is 3. The van der Waals surface area contributed by atoms with Crippen LogP contribution < -0.4 is 4.74 Å². The molecule has 5 heteroatoms. The second-order valence-electron chi connectivity index (χ2n) is 4.48. The Morgan fingerprint density at radius 2 is 2.30 bits per heavy atom. The van der Waals surface area contributed by atoms with Gasteiger partial charge in [0, 0.05) is 36.8 Å². The van der Waals surface area contributed by atoms with Crippen LogP contribution in [0.4, 0.5) is 0 Å². The van der Waals surface area contributed by atoms with Crippen molar-refractivity contribution in [1.29, 1.82) is 0 Å². The number of phenols is 1. The number of benzene rings is 1. The Balaban J connectivity index is 1.96. The zero-order valence-electron chi connectivity index (χ0n) is 11.8. The molecule has 106 valence electrons. The van der Waals surface area contributed by atoms with E-state index >= 15 is 0 Å². The predicted molar refractivity (Wildman–Crippen MR) is 78.6 cm³/mol. The first-order valence-corrected chi connectivity index (χ1v) is 6.55. The van der Waals surface area contributed by atoms with E-state index in [-0.39, 0.29) is 5.75 Å². The van der Waals surface area contributed by atoms with Gasteiger partial charge in [0.25, 0.3) is 0 Å². The number of ether oxygens (including phenoxy) is 1. The van der Waals surface area contributed by atoms with Gasteiger partial charge in [0.05, 0.1) is 13.4 Å². The number of phenolic OH excluding ortho intramolecular Hbond substituents is 1. The molecule has 2 aromatic rings. The van der Waals surface area contributed by atoms with Gasteiger partial charge in [0.15, 0.2) is 11.5 Å². The second-order valence-corrected chi connectivity index (χ2v) is 4.48. The van der Waals surface area contributed by atoms with Crippen molar-refractivity contribution in [3.8, 4) is 11.5 Å². The Labute approximate surface area is 118 Å². The van der Waals surface area contributed by atoms with Gasteiger partial charge in [-0.2, -0.15) is 0 Å². The van der Waals surface area contributed by atoms with Gasteiger partial charge in [0.2, 0.25) is 0 Å². The Morgan fingerprint density at radius 1 is 1.45 bits per heavy atom. The molecular weight excluding hydrogens is 254 g/mol. The van der Waals surface area contributed by atoms with Crippen LogP contribution in [0.2, 0.25) is 0 Å². The van der Waals surface area contributed by atoms with Crippen LogP contribution in [0.5, 0.6) is 11.5 Å². The molecule has 0 saturated carbocycles. The molecule has 1 aromatic carbocycles. The molecule has 2 rings (SSSR count). The molecule has 1 N–H and O–H groups in total. The molecule has 0 bridgehead atoms. The molecule has 0 radical (unpaired) electrons. The minimum absolute atomic E-state index is 0.144. The third-order valence-corrected chi connectivity index (χ3v) is 3.09. The highest BCUT2D eigenvalue weighted by Crippen LogP contribution is 2.29. The summed E-state index contributed by atoms with van der Waals surface area (Å²) in [5, 5.41) is 10.0. The maximum Gasteiger partial charge on any atom is 0.166 e. The number of aryl methyl sites for hydroxylation is 1. The number of para-hydroxylation sites is 1. The fourth-order valence-corrected chi connectivity index (χ4v) is 1.98. The van der Waals surface area contributed by atoms with Gasteiger partial charge in [-0.05, 0) is 25.5 Å². The van der Waals surface area contributed by atoms with E-state index in [1.54, 1.807) is 18.6 Å². The van der Waals surface area contributed by atoms with Gasteiger partial charge in [-0.3, -0.25) is 4.99 Å². The minimum Gasteiger partial charge on any atom is -0.504 e. The summed E-state index contributed by atoms with van der Waals surface area (Å²) in [5.74, 6) is 0.612. The summed E-state index contributed by atoms with van der Waals surface area (Å²) in [5.41, 5.74) is 1.53. The summed E-state index contributed by atoms with van der Waals surface area (Å²) in [7, 11) is 1.54. The lowest BCUT2D eigenvalue weighted by molar-refractivity contribution is 0.373. The minimum atomic E-state index is 0.144. The molecule has 5 nitrogen and oxygen atoms in total. The van der Waals surface area contributed by atoms with E-state index < -0.39 is 0 Å². The summed E-state index contributed by atoms with van der Waals surface area (Å²) in [6.07, 6.45) is 6.43. The van der Waals surface area contributed by atoms with Crippen LogP contribution >= 0.6 is 0 Å². The van der Waals surface area contributed by atoms with Crippen LogP contribution in [0.1, 0.15) is 18.9 Å². The van der Waals surface area contributed by atoms with Gasteiger partial charge >= 0.3 is 0 Å². The maximum absolute atomic E-state index is 10.0. The smallest absolute Gasteiger partial charge is 0.166 e. The molecule has 1 aromatic heterocycles. The van der Waals surface area contributed by atoms with Crippen LogP contribution in [0.15, 0.2) is 41.9 Å². The molecule has 0 amide bonds. The number of aromatic nitrogens is 2. The van der Waals surface area contributed by atoms with Gasteiger partial charge in [-0.25, -0.2) is 4.98 Å². The van der Waals surface area contributed by atoms with Crippen LogP contribution in [-0.4, -0.2) is 34.0 Å². The number of methoxy groups -OCH3 is 1. The molecular formula is C15H19N3O2. The quantitative estimate of drug-likeness (QED) is 0.650. The largest absolute Gasteiger partial charge is 0.504 e. The average Bonchev–Trinajstić information content (AvgIpc) is 2.97. The Morgan fingerprint density at radius 3 is 3.00 bits per heavy atom. The second kappa shape index (κ2) is 6.75. The predicted octanol–water partition coefficient (Wildman–Crippen LogP) is 2.50. The lowest BCUT2D eigenvalue weighted by atomic mass is 10.1. The Hall–Kier alpha value is -2.30. The first kappa shape index (κ1) is 14.1. The molecule has 1 heterocycles. The Bertz CT molecular complexity index is 577. The van der Waals surface area contributed by atoms with Crippen LogP contribution in [0.25, 0.3) is 0 Å². The number of imidazole rings is 1. The first-order chi connectivity index (χ1) is 9.72. The van der Waals surface area contributed by atoms with Gasteiger partial charge < -0.3 is 14.4 Å². The third kappa shape index (κ3) is 3.38. The van der Waals surface area contributed by atoms with Crippen molar-refractivity contribution in [1.82, 2.24) is 9.55 Å². The number of rotatable bonds is 6. The number of aromatic hydroxyl groups is 1. The average molecular weight is 273 g/mol. The van der Waals surface area contributed by atoms with Crippen molar-refractivity contribution in [2.45, 2.75) is 19.9 Å². The highest BCUT2D eigenvalue weighted by molar-refractivity contribution is 6.01. The number of aliphatic imine (C=N–C) groups is 1. The molecule has 0 aliphatic heterocycles. The van der Waals surface area contributed by atoms with Crippen molar-refractivity contribution < 1.29 is 9.84 Å². The monoisotopic (exact) mass is 273 g/mol. The summed E-state index contributed by atoms with van der Waals surface area (Å²) < 4.78 is 7.12. The molecule has 0 aliphatic carbocycles. The van der Waals surface area contributed by atoms with E-state index in [2.05, 4.69) is 9.98 Å². The molecule has 0 atom stereocenters. The maximum atomic E-state index is 10.0. The van der Waals surface area contributed by atoms with Crippen molar-refractivity contribution >= 4 is 5.71 Å². The van der Waals surface area contributed by atoms with E-state index in [1.807, 2.05) is 29.8 Å². The molecule has 0 spiro atoms. The number of hydrogen-bond acceptors (Lipinski definition) is 4. The van der Waals surface area contributed by atoms with E-state index in [0.29, 0.717) is 17.9 Å². The lowest BCUT2D eigenvalue weighted by Crippen LogP contribution is -2.01. The van der Waals surface area contributed by atoms with Crippen molar-refractivity contribution in [2.24, 2.45) is 4.99 Å².